The largest absolute Gasteiger partial charge is 0.416 e. The van der Waals surface area contributed by atoms with Gasteiger partial charge in [-0.15, -0.1) is 0 Å². The highest BCUT2D eigenvalue weighted by Gasteiger charge is 2.42. The molecule has 0 unspecified atom stereocenters. The van der Waals surface area contributed by atoms with Crippen molar-refractivity contribution in [2.75, 3.05) is 13.6 Å². The maximum Gasteiger partial charge on any atom is 0.416 e. The molecule has 2 N–H and O–H groups in total. The van der Waals surface area contributed by atoms with Gasteiger partial charge in [-0.1, -0.05) is 42.5 Å². The Kier molecular flexibility index (Phi) is 5.84. The number of nitrogens with zero attached hydrogens (tertiary/aromatic N) is 1. The van der Waals surface area contributed by atoms with Crippen LogP contribution in [-0.4, -0.2) is 42.5 Å². The minimum atomic E-state index is -4.37. The lowest BCUT2D eigenvalue weighted by Gasteiger charge is -2.29. The average Bonchev–Trinajstić information content (AvgIpc) is 3.35. The number of carbonyl (C=O) groups excluding carboxylic acids is 1. The van der Waals surface area contributed by atoms with Crippen LogP contribution in [0.1, 0.15) is 28.7 Å². The number of hydrogen-bond donors (Lipinski definition) is 2. The van der Waals surface area contributed by atoms with E-state index in [4.69, 9.17) is 0 Å². The number of alkyl halides is 3. The number of rotatable bonds is 5. The molecule has 4 rings (SSSR count). The van der Waals surface area contributed by atoms with E-state index in [-0.39, 0.29) is 36.1 Å². The van der Waals surface area contributed by atoms with Crippen molar-refractivity contribution >= 4 is 5.91 Å². The van der Waals surface area contributed by atoms with Gasteiger partial charge in [-0.25, -0.2) is 0 Å². The van der Waals surface area contributed by atoms with Crippen LogP contribution in [-0.2, 0) is 30.4 Å². The molecule has 0 bridgehead atoms. The van der Waals surface area contributed by atoms with Crippen LogP contribution in [0.2, 0.25) is 0 Å². The van der Waals surface area contributed by atoms with Crippen molar-refractivity contribution in [3.8, 4) is 0 Å². The topological polar surface area (TPSA) is 44.4 Å². The molecule has 1 saturated heterocycles. The van der Waals surface area contributed by atoms with E-state index in [9.17, 15) is 18.0 Å². The van der Waals surface area contributed by atoms with Gasteiger partial charge in [-0.2, -0.15) is 13.2 Å². The normalized spacial score (nSPS) is 22.3. The van der Waals surface area contributed by atoms with Gasteiger partial charge in [-0.3, -0.25) is 9.69 Å². The molecule has 0 saturated carbocycles. The van der Waals surface area contributed by atoms with Gasteiger partial charge in [0.05, 0.1) is 11.6 Å². The Balaban J connectivity index is 1.46. The second kappa shape index (κ2) is 8.40. The molecule has 7 heteroatoms. The quantitative estimate of drug-likeness (QED) is 0.786. The second-order valence-corrected chi connectivity index (χ2v) is 8.13. The summed E-state index contributed by atoms with van der Waals surface area (Å²) in [4.78, 5) is 14.8. The zero-order valence-electron chi connectivity index (χ0n) is 16.9. The standard InChI is InChI=1S/C23H26F3N3O/c1-27-22(30)21-12-18(28-13-17-8-4-5-9-20(17)23(24,25)26)14-29(21)19-10-15-6-2-3-7-16(15)11-19/h2-9,18-19,21,28H,10-14H2,1H3,(H,27,30)/t18-,21+/m1/s1. The highest BCUT2D eigenvalue weighted by Crippen LogP contribution is 2.33. The van der Waals surface area contributed by atoms with Gasteiger partial charge in [-0.05, 0) is 42.0 Å². The molecule has 0 radical (unpaired) electrons. The summed E-state index contributed by atoms with van der Waals surface area (Å²) in [6, 6.07) is 13.9. The number of amides is 1. The van der Waals surface area contributed by atoms with Crippen molar-refractivity contribution in [1.82, 2.24) is 15.5 Å². The maximum atomic E-state index is 13.3. The number of fused-ring (bicyclic) bond motifs is 1. The number of benzene rings is 2. The summed E-state index contributed by atoms with van der Waals surface area (Å²) in [5, 5.41) is 6.02. The van der Waals surface area contributed by atoms with E-state index in [1.807, 2.05) is 12.1 Å². The average molecular weight is 417 g/mol. The Hall–Kier alpha value is -2.38. The Morgan fingerprint density at radius 2 is 1.70 bits per heavy atom. The van der Waals surface area contributed by atoms with Crippen LogP contribution >= 0.6 is 0 Å². The fourth-order valence-electron chi connectivity index (χ4n) is 4.81. The summed E-state index contributed by atoms with van der Waals surface area (Å²) in [6.45, 7) is 0.768. The first kappa shape index (κ1) is 20.9. The van der Waals surface area contributed by atoms with Crippen molar-refractivity contribution in [3.05, 3.63) is 70.8 Å². The van der Waals surface area contributed by atoms with Gasteiger partial charge in [0.2, 0.25) is 5.91 Å². The van der Waals surface area contributed by atoms with E-state index in [1.54, 1.807) is 13.1 Å². The molecule has 2 atom stereocenters. The Morgan fingerprint density at radius 1 is 1.07 bits per heavy atom. The molecule has 1 fully saturated rings. The number of nitrogens with one attached hydrogen (secondary N) is 2. The maximum absolute atomic E-state index is 13.3. The molecule has 4 nitrogen and oxygen atoms in total. The van der Waals surface area contributed by atoms with E-state index >= 15 is 0 Å². The number of carbonyl (C=O) groups is 1. The highest BCUT2D eigenvalue weighted by molar-refractivity contribution is 5.82. The van der Waals surface area contributed by atoms with E-state index < -0.39 is 11.7 Å². The van der Waals surface area contributed by atoms with Crippen LogP contribution in [0.25, 0.3) is 0 Å². The molecule has 160 valence electrons. The fraction of sp³-hybridized carbons (Fsp3) is 0.435. The van der Waals surface area contributed by atoms with Crippen molar-refractivity contribution in [2.24, 2.45) is 0 Å². The number of hydrogen-bond acceptors (Lipinski definition) is 3. The van der Waals surface area contributed by atoms with Gasteiger partial charge in [0, 0.05) is 32.2 Å². The Bertz CT molecular complexity index is 890. The SMILES string of the molecule is CNC(=O)[C@@H]1C[C@@H](NCc2ccccc2C(F)(F)F)CN1C1Cc2ccccc2C1. The van der Waals surface area contributed by atoms with Gasteiger partial charge in [0.1, 0.15) is 0 Å². The first-order chi connectivity index (χ1) is 14.4. The van der Waals surface area contributed by atoms with Crippen molar-refractivity contribution in [3.63, 3.8) is 0 Å². The predicted octanol–water partition coefficient (Wildman–Crippen LogP) is 3.15. The van der Waals surface area contributed by atoms with E-state index in [1.165, 1.54) is 23.3 Å². The number of halogens is 3. The van der Waals surface area contributed by atoms with E-state index in [0.29, 0.717) is 13.0 Å². The highest BCUT2D eigenvalue weighted by atomic mass is 19.4. The molecule has 30 heavy (non-hydrogen) atoms. The number of likely N-dealkylation sites (N-methyl/N-ethyl adjacent to an activating group) is 1. The third kappa shape index (κ3) is 4.23. The molecule has 0 spiro atoms. The summed E-state index contributed by atoms with van der Waals surface area (Å²) >= 11 is 0. The van der Waals surface area contributed by atoms with Gasteiger partial charge < -0.3 is 10.6 Å². The molecular formula is C23H26F3N3O. The fourth-order valence-corrected chi connectivity index (χ4v) is 4.81. The lowest BCUT2D eigenvalue weighted by molar-refractivity contribution is -0.138. The smallest absolute Gasteiger partial charge is 0.358 e. The minimum Gasteiger partial charge on any atom is -0.358 e. The molecule has 1 aliphatic heterocycles. The molecule has 1 amide bonds. The van der Waals surface area contributed by atoms with Crippen LogP contribution in [0.15, 0.2) is 48.5 Å². The first-order valence-electron chi connectivity index (χ1n) is 10.3. The first-order valence-corrected chi connectivity index (χ1v) is 10.3. The Morgan fingerprint density at radius 3 is 2.33 bits per heavy atom. The molecular weight excluding hydrogens is 391 g/mol. The van der Waals surface area contributed by atoms with Crippen molar-refractivity contribution in [2.45, 2.75) is 50.1 Å². The van der Waals surface area contributed by atoms with Gasteiger partial charge in [0.25, 0.3) is 0 Å². The third-order valence-corrected chi connectivity index (χ3v) is 6.29. The molecule has 1 aliphatic carbocycles. The lowest BCUT2D eigenvalue weighted by Crippen LogP contribution is -2.47. The summed E-state index contributed by atoms with van der Waals surface area (Å²) in [5.41, 5.74) is 2.25. The molecule has 2 aromatic carbocycles. The van der Waals surface area contributed by atoms with Gasteiger partial charge in [0.15, 0.2) is 0 Å². The van der Waals surface area contributed by atoms with Crippen LogP contribution in [0.5, 0.6) is 0 Å². The van der Waals surface area contributed by atoms with Crippen LogP contribution in [0.3, 0.4) is 0 Å². The monoisotopic (exact) mass is 417 g/mol. The van der Waals surface area contributed by atoms with E-state index in [0.717, 1.165) is 18.9 Å². The van der Waals surface area contributed by atoms with E-state index in [2.05, 4.69) is 27.7 Å². The Labute approximate surface area is 174 Å². The molecule has 1 heterocycles. The van der Waals surface area contributed by atoms with Crippen LogP contribution < -0.4 is 10.6 Å². The third-order valence-electron chi connectivity index (χ3n) is 6.29. The minimum absolute atomic E-state index is 0.0362. The molecule has 2 aliphatic rings. The van der Waals surface area contributed by atoms with Gasteiger partial charge >= 0.3 is 6.18 Å². The zero-order valence-corrected chi connectivity index (χ0v) is 16.9. The predicted molar refractivity (Wildman–Crippen MR) is 109 cm³/mol. The van der Waals surface area contributed by atoms with Crippen LogP contribution in [0.4, 0.5) is 13.2 Å². The molecule has 0 aromatic heterocycles. The lowest BCUT2D eigenvalue weighted by atomic mass is 10.1. The van der Waals surface area contributed by atoms with Crippen LogP contribution in [0, 0.1) is 0 Å². The summed E-state index contributed by atoms with van der Waals surface area (Å²) < 4.78 is 39.8. The number of likely N-dealkylation sites (tertiary alicyclic amines) is 1. The summed E-state index contributed by atoms with van der Waals surface area (Å²) in [7, 11) is 1.63. The zero-order chi connectivity index (χ0) is 21.3. The second-order valence-electron chi connectivity index (χ2n) is 8.13. The van der Waals surface area contributed by atoms with Crippen molar-refractivity contribution < 1.29 is 18.0 Å². The summed E-state index contributed by atoms with van der Waals surface area (Å²) in [6.07, 6.45) is -2.00. The van der Waals surface area contributed by atoms with Crippen molar-refractivity contribution in [1.29, 1.82) is 0 Å². The summed E-state index contributed by atoms with van der Waals surface area (Å²) in [5.74, 6) is -0.0362. The molecule has 2 aromatic rings.